The summed E-state index contributed by atoms with van der Waals surface area (Å²) in [5.41, 5.74) is 4.25. The highest BCUT2D eigenvalue weighted by Gasteiger charge is 2.64. The molecule has 4 amide bonds. The zero-order valence-electron chi connectivity index (χ0n) is 32.0. The van der Waals surface area contributed by atoms with Crippen LogP contribution in [0, 0.1) is 22.2 Å². The zero-order chi connectivity index (χ0) is 39.1. The van der Waals surface area contributed by atoms with Gasteiger partial charge in [-0.25, -0.2) is 0 Å². The highest BCUT2D eigenvalue weighted by Crippen LogP contribution is 2.55. The predicted molar refractivity (Wildman–Crippen MR) is 210 cm³/mol. The molecular weight excluding hydrogens is 716 g/mol. The number of carbonyl (C=O) groups excluding carboxylic acids is 4. The second-order valence-corrected chi connectivity index (χ2v) is 16.9. The van der Waals surface area contributed by atoms with E-state index in [9.17, 15) is 24.4 Å². The molecule has 3 aromatic carbocycles. The molecular formula is C43H49ClN6O5. The van der Waals surface area contributed by atoms with E-state index < -0.39 is 6.04 Å². The van der Waals surface area contributed by atoms with E-state index in [0.29, 0.717) is 40.4 Å². The summed E-state index contributed by atoms with van der Waals surface area (Å²) in [4.78, 5) is 56.9. The van der Waals surface area contributed by atoms with Crippen molar-refractivity contribution < 1.29 is 23.9 Å². The maximum absolute atomic E-state index is 13.4. The van der Waals surface area contributed by atoms with E-state index >= 15 is 0 Å². The van der Waals surface area contributed by atoms with Crippen LogP contribution in [-0.2, 0) is 22.6 Å². The molecule has 0 aromatic heterocycles. The lowest BCUT2D eigenvalue weighted by Crippen LogP contribution is -2.74. The van der Waals surface area contributed by atoms with Gasteiger partial charge in [-0.2, -0.15) is 5.26 Å². The summed E-state index contributed by atoms with van der Waals surface area (Å²) in [7, 11) is 0. The number of piperidine rings is 1. The largest absolute Gasteiger partial charge is 0.489 e. The van der Waals surface area contributed by atoms with Crippen LogP contribution in [0.3, 0.4) is 0 Å². The number of fused-ring (bicyclic) bond motifs is 1. The van der Waals surface area contributed by atoms with Crippen molar-refractivity contribution in [3.8, 4) is 11.8 Å². The van der Waals surface area contributed by atoms with Crippen molar-refractivity contribution in [2.45, 2.75) is 84.5 Å². The first-order valence-electron chi connectivity index (χ1n) is 19.3. The molecule has 3 aliphatic heterocycles. The number of imide groups is 1. The SMILES string of the molecule is CC1(C)C(NC(=O)c2ccc(CCCCN3CCN(c4ccc5c(c4)CN(C4CCC(=O)NC4=O)C5=O)CC3)cc2)C(C)(C)C1Oc1ccc(C#N)c(Cl)c1. The van der Waals surface area contributed by atoms with Gasteiger partial charge in [0.1, 0.15) is 24.0 Å². The molecule has 3 heterocycles. The van der Waals surface area contributed by atoms with Crippen molar-refractivity contribution in [3.05, 3.63) is 93.5 Å². The molecule has 1 saturated carbocycles. The third kappa shape index (κ3) is 7.67. The monoisotopic (exact) mass is 764 g/mol. The molecule has 1 aliphatic carbocycles. The first-order valence-corrected chi connectivity index (χ1v) is 19.6. The first kappa shape index (κ1) is 38.4. The van der Waals surface area contributed by atoms with Crippen LogP contribution in [0.15, 0.2) is 60.7 Å². The Labute approximate surface area is 327 Å². The smallest absolute Gasteiger partial charge is 0.255 e. The molecule has 3 aromatic rings. The van der Waals surface area contributed by atoms with E-state index in [0.717, 1.165) is 63.2 Å². The Bertz CT molecular complexity index is 2020. The number of piperazine rings is 1. The van der Waals surface area contributed by atoms with E-state index in [2.05, 4.69) is 72.4 Å². The highest BCUT2D eigenvalue weighted by molar-refractivity contribution is 6.31. The number of hydrogen-bond acceptors (Lipinski definition) is 8. The van der Waals surface area contributed by atoms with E-state index in [-0.39, 0.29) is 53.0 Å². The van der Waals surface area contributed by atoms with Crippen molar-refractivity contribution in [1.82, 2.24) is 20.4 Å². The number of ether oxygens (including phenoxy) is 1. The second kappa shape index (κ2) is 15.3. The lowest BCUT2D eigenvalue weighted by atomic mass is 9.49. The number of rotatable bonds is 11. The van der Waals surface area contributed by atoms with Crippen molar-refractivity contribution in [2.75, 3.05) is 37.6 Å². The normalized spacial score (nSPS) is 23.1. The van der Waals surface area contributed by atoms with E-state index in [1.165, 1.54) is 5.56 Å². The van der Waals surface area contributed by atoms with Gasteiger partial charge < -0.3 is 19.9 Å². The number of aryl methyl sites for hydroxylation is 1. The van der Waals surface area contributed by atoms with Gasteiger partial charge in [-0.1, -0.05) is 51.4 Å². The van der Waals surface area contributed by atoms with E-state index in [1.54, 1.807) is 23.1 Å². The summed E-state index contributed by atoms with van der Waals surface area (Å²) < 4.78 is 6.37. The van der Waals surface area contributed by atoms with Gasteiger partial charge in [-0.05, 0) is 85.8 Å². The fourth-order valence-corrected chi connectivity index (χ4v) is 9.50. The molecule has 7 rings (SSSR count). The Morgan fingerprint density at radius 3 is 2.36 bits per heavy atom. The van der Waals surface area contributed by atoms with Gasteiger partial charge in [0.05, 0.1) is 10.6 Å². The minimum absolute atomic E-state index is 0.0979. The average Bonchev–Trinajstić information content (AvgIpc) is 3.49. The number of hydrogen-bond donors (Lipinski definition) is 2. The Hall–Kier alpha value is -4.92. The van der Waals surface area contributed by atoms with Crippen molar-refractivity contribution in [3.63, 3.8) is 0 Å². The molecule has 0 radical (unpaired) electrons. The minimum atomic E-state index is -0.603. The molecule has 1 unspecified atom stereocenters. The van der Waals surface area contributed by atoms with Crippen molar-refractivity contribution >= 4 is 40.9 Å². The van der Waals surface area contributed by atoms with Gasteiger partial charge in [0, 0.05) is 78.9 Å². The highest BCUT2D eigenvalue weighted by atomic mass is 35.5. The van der Waals surface area contributed by atoms with Crippen molar-refractivity contribution in [1.29, 1.82) is 5.26 Å². The van der Waals surface area contributed by atoms with E-state index in [4.69, 9.17) is 16.3 Å². The number of nitrogens with one attached hydrogen (secondary N) is 2. The molecule has 12 heteroatoms. The van der Waals surface area contributed by atoms with Gasteiger partial charge >= 0.3 is 0 Å². The third-order valence-corrected chi connectivity index (χ3v) is 12.4. The fraction of sp³-hybridized carbons (Fsp3) is 0.465. The van der Waals surface area contributed by atoms with Crippen LogP contribution in [-0.4, -0.2) is 84.3 Å². The predicted octanol–water partition coefficient (Wildman–Crippen LogP) is 5.73. The van der Waals surface area contributed by atoms with Crippen LogP contribution in [0.1, 0.15) is 90.8 Å². The fourth-order valence-electron chi connectivity index (χ4n) is 9.28. The lowest BCUT2D eigenvalue weighted by molar-refractivity contribution is -0.164. The Kier molecular flexibility index (Phi) is 10.7. The first-order chi connectivity index (χ1) is 26.3. The molecule has 2 N–H and O–H groups in total. The number of nitrogens with zero attached hydrogens (tertiary/aromatic N) is 4. The van der Waals surface area contributed by atoms with Gasteiger partial charge in [0.25, 0.3) is 11.8 Å². The number of carbonyl (C=O) groups is 4. The summed E-state index contributed by atoms with van der Waals surface area (Å²) in [6.07, 6.45) is 3.54. The van der Waals surface area contributed by atoms with Crippen LogP contribution < -0.4 is 20.3 Å². The number of amides is 4. The van der Waals surface area contributed by atoms with Crippen molar-refractivity contribution in [2.24, 2.45) is 10.8 Å². The van der Waals surface area contributed by atoms with Crippen LogP contribution in [0.4, 0.5) is 5.69 Å². The molecule has 2 saturated heterocycles. The quantitative estimate of drug-likeness (QED) is 0.187. The van der Waals surface area contributed by atoms with Crippen LogP contribution in [0.5, 0.6) is 5.75 Å². The van der Waals surface area contributed by atoms with Gasteiger partial charge in [0.15, 0.2) is 0 Å². The van der Waals surface area contributed by atoms with Crippen LogP contribution in [0.25, 0.3) is 0 Å². The zero-order valence-corrected chi connectivity index (χ0v) is 32.7. The maximum atomic E-state index is 13.4. The van der Waals surface area contributed by atoms with Gasteiger partial charge in [-0.3, -0.25) is 29.4 Å². The Balaban J connectivity index is 0.831. The average molecular weight is 765 g/mol. The second-order valence-electron chi connectivity index (χ2n) is 16.5. The Morgan fingerprint density at radius 1 is 0.964 bits per heavy atom. The lowest BCUT2D eigenvalue weighted by Gasteiger charge is -2.63. The third-order valence-electron chi connectivity index (χ3n) is 12.1. The molecule has 0 bridgehead atoms. The molecule has 4 aliphatic rings. The molecule has 3 fully saturated rings. The topological polar surface area (TPSA) is 135 Å². The summed E-state index contributed by atoms with van der Waals surface area (Å²) in [6, 6.07) is 20.4. The number of anilines is 1. The molecule has 55 heavy (non-hydrogen) atoms. The van der Waals surface area contributed by atoms with Crippen LogP contribution in [0.2, 0.25) is 5.02 Å². The minimum Gasteiger partial charge on any atom is -0.489 e. The number of nitriles is 1. The summed E-state index contributed by atoms with van der Waals surface area (Å²) in [5.74, 6) is -0.309. The van der Waals surface area contributed by atoms with E-state index in [1.807, 2.05) is 24.3 Å². The maximum Gasteiger partial charge on any atom is 0.255 e. The van der Waals surface area contributed by atoms with Gasteiger partial charge in [-0.15, -0.1) is 0 Å². The number of halogens is 1. The molecule has 288 valence electrons. The standard InChI is InChI=1S/C43H49ClN6O5/c1-42(2)40(43(3,4)41(42)55-32-14-12-29(25-45)34(44)24-32)47-37(52)28-10-8-27(9-11-28)7-5-6-18-48-19-21-49(22-20-48)31-13-15-33-30(23-31)26-50(39(33)54)35-16-17-36(51)46-38(35)53/h8-15,23-24,35,40-41H,5-7,16-22,26H2,1-4H3,(H,47,52)(H,46,51,53). The van der Waals surface area contributed by atoms with Crippen LogP contribution >= 0.6 is 11.6 Å². The molecule has 0 spiro atoms. The number of unbranched alkanes of at least 4 members (excludes halogenated alkanes) is 1. The molecule has 1 atom stereocenters. The Morgan fingerprint density at radius 2 is 1.69 bits per heavy atom. The van der Waals surface area contributed by atoms with Gasteiger partial charge in [0.2, 0.25) is 11.8 Å². The number of benzene rings is 3. The summed E-state index contributed by atoms with van der Waals surface area (Å²) in [6.45, 7) is 13.6. The summed E-state index contributed by atoms with van der Waals surface area (Å²) >= 11 is 6.24. The molecule has 11 nitrogen and oxygen atoms in total. The summed E-state index contributed by atoms with van der Waals surface area (Å²) in [5, 5.41) is 15.2.